The van der Waals surface area contributed by atoms with E-state index in [9.17, 15) is 14.4 Å². The van der Waals surface area contributed by atoms with E-state index < -0.39 is 0 Å². The van der Waals surface area contributed by atoms with Crippen molar-refractivity contribution in [3.63, 3.8) is 0 Å². The van der Waals surface area contributed by atoms with Crippen molar-refractivity contribution in [2.24, 2.45) is 0 Å². The molecule has 6 heteroatoms. The molecule has 0 atom stereocenters. The first-order chi connectivity index (χ1) is 15.6. The van der Waals surface area contributed by atoms with Crippen molar-refractivity contribution in [1.29, 1.82) is 0 Å². The van der Waals surface area contributed by atoms with E-state index in [0.29, 0.717) is 48.3 Å². The van der Waals surface area contributed by atoms with Crippen LogP contribution in [0.1, 0.15) is 43.9 Å². The molecule has 0 aliphatic carbocycles. The van der Waals surface area contributed by atoms with Gasteiger partial charge in [0.1, 0.15) is 0 Å². The first-order valence-corrected chi connectivity index (χ1v) is 10.7. The Morgan fingerprint density at radius 1 is 0.688 bits per heavy atom. The number of nitrogens with zero attached hydrogens (tertiary/aromatic N) is 1. The van der Waals surface area contributed by atoms with Crippen LogP contribution < -0.4 is 10.6 Å². The Hall–Kier alpha value is -3.93. The number of piperidine rings is 1. The largest absolute Gasteiger partial charge is 0.349 e. The molecule has 2 N–H and O–H groups in total. The number of anilines is 1. The number of likely N-dealkylation sites (tertiary alicyclic amines) is 1. The van der Waals surface area contributed by atoms with Crippen molar-refractivity contribution in [3.8, 4) is 0 Å². The first kappa shape index (κ1) is 21.3. The highest BCUT2D eigenvalue weighted by Gasteiger charge is 2.26. The molecule has 1 aliphatic rings. The van der Waals surface area contributed by atoms with Crippen LogP contribution in [0, 0.1) is 0 Å². The molecule has 1 fully saturated rings. The lowest BCUT2D eigenvalue weighted by Gasteiger charge is -2.33. The Morgan fingerprint density at radius 3 is 1.84 bits per heavy atom. The number of para-hydroxylation sites is 1. The first-order valence-electron chi connectivity index (χ1n) is 10.7. The number of amides is 3. The normalized spacial score (nSPS) is 13.9. The number of nitrogens with one attached hydrogen (secondary N) is 2. The molecule has 0 bridgehead atoms. The van der Waals surface area contributed by atoms with Crippen LogP contribution in [0.15, 0.2) is 84.9 Å². The van der Waals surface area contributed by atoms with Gasteiger partial charge in [-0.25, -0.2) is 0 Å². The Balaban J connectivity index is 1.37. The predicted molar refractivity (Wildman–Crippen MR) is 124 cm³/mol. The number of hydrogen-bond donors (Lipinski definition) is 2. The summed E-state index contributed by atoms with van der Waals surface area (Å²) in [5.74, 6) is -0.473. The van der Waals surface area contributed by atoms with Gasteiger partial charge in [-0.2, -0.15) is 0 Å². The average molecular weight is 428 g/mol. The molecule has 162 valence electrons. The summed E-state index contributed by atoms with van der Waals surface area (Å²) in [7, 11) is 0. The molecular formula is C26H25N3O3. The zero-order chi connectivity index (χ0) is 22.3. The van der Waals surface area contributed by atoms with E-state index in [4.69, 9.17) is 0 Å². The third-order valence-electron chi connectivity index (χ3n) is 5.60. The fourth-order valence-electron chi connectivity index (χ4n) is 3.82. The van der Waals surface area contributed by atoms with Crippen molar-refractivity contribution < 1.29 is 14.4 Å². The number of carbonyl (C=O) groups excluding carboxylic acids is 3. The zero-order valence-electron chi connectivity index (χ0n) is 17.7. The lowest BCUT2D eigenvalue weighted by Crippen LogP contribution is -2.46. The van der Waals surface area contributed by atoms with Gasteiger partial charge in [0.25, 0.3) is 17.7 Å². The molecule has 0 spiro atoms. The van der Waals surface area contributed by atoms with Crippen LogP contribution in [0.2, 0.25) is 0 Å². The average Bonchev–Trinajstić information content (AvgIpc) is 2.85. The minimum atomic E-state index is -0.256. The van der Waals surface area contributed by atoms with Crippen LogP contribution >= 0.6 is 0 Å². The lowest BCUT2D eigenvalue weighted by atomic mass is 10.0. The Kier molecular flexibility index (Phi) is 6.60. The molecule has 6 nitrogen and oxygen atoms in total. The standard InChI is InChI=1S/C26H25N3O3/c30-24(19-9-3-1-4-10-19)27-21-15-17-29(18-16-21)26(32)22-13-7-8-14-23(22)28-25(31)20-11-5-2-6-12-20/h1-14,21H,15-18H2,(H,27,30)(H,28,31). The maximum Gasteiger partial charge on any atom is 0.255 e. The van der Waals surface area contributed by atoms with E-state index in [1.165, 1.54) is 0 Å². The minimum absolute atomic E-state index is 0.0276. The number of benzene rings is 3. The van der Waals surface area contributed by atoms with Gasteiger partial charge in [-0.05, 0) is 49.2 Å². The number of hydrogen-bond acceptors (Lipinski definition) is 3. The Morgan fingerprint density at radius 2 is 1.22 bits per heavy atom. The molecule has 1 aliphatic heterocycles. The molecule has 0 radical (unpaired) electrons. The van der Waals surface area contributed by atoms with Gasteiger partial charge in [-0.15, -0.1) is 0 Å². The maximum absolute atomic E-state index is 13.2. The van der Waals surface area contributed by atoms with Gasteiger partial charge in [0.15, 0.2) is 0 Å². The third kappa shape index (κ3) is 5.03. The molecular weight excluding hydrogens is 402 g/mol. The van der Waals surface area contributed by atoms with E-state index in [0.717, 1.165) is 0 Å². The van der Waals surface area contributed by atoms with Crippen molar-refractivity contribution in [2.45, 2.75) is 18.9 Å². The molecule has 0 unspecified atom stereocenters. The van der Waals surface area contributed by atoms with Gasteiger partial charge in [0.2, 0.25) is 0 Å². The van der Waals surface area contributed by atoms with Gasteiger partial charge >= 0.3 is 0 Å². The summed E-state index contributed by atoms with van der Waals surface area (Å²) in [6.45, 7) is 1.08. The van der Waals surface area contributed by atoms with E-state index >= 15 is 0 Å². The van der Waals surface area contributed by atoms with Crippen LogP contribution in [0.25, 0.3) is 0 Å². The highest BCUT2D eigenvalue weighted by Crippen LogP contribution is 2.21. The van der Waals surface area contributed by atoms with Crippen molar-refractivity contribution in [1.82, 2.24) is 10.2 Å². The summed E-state index contributed by atoms with van der Waals surface area (Å²) in [6, 6.07) is 25.1. The van der Waals surface area contributed by atoms with Crippen molar-refractivity contribution in [3.05, 3.63) is 102 Å². The van der Waals surface area contributed by atoms with Crippen molar-refractivity contribution in [2.75, 3.05) is 18.4 Å². The van der Waals surface area contributed by atoms with Gasteiger partial charge in [0, 0.05) is 30.3 Å². The molecule has 1 heterocycles. The van der Waals surface area contributed by atoms with Crippen LogP contribution in [0.3, 0.4) is 0 Å². The molecule has 0 saturated carbocycles. The van der Waals surface area contributed by atoms with Crippen LogP contribution in [-0.4, -0.2) is 41.8 Å². The monoisotopic (exact) mass is 427 g/mol. The molecule has 0 aromatic heterocycles. The van der Waals surface area contributed by atoms with Gasteiger partial charge in [0.05, 0.1) is 11.3 Å². The highest BCUT2D eigenvalue weighted by atomic mass is 16.2. The van der Waals surface area contributed by atoms with E-state index in [1.54, 1.807) is 65.6 Å². The summed E-state index contributed by atoms with van der Waals surface area (Å²) < 4.78 is 0. The fourth-order valence-corrected chi connectivity index (χ4v) is 3.82. The summed E-state index contributed by atoms with van der Waals surface area (Å²) in [6.07, 6.45) is 1.37. The molecule has 1 saturated heterocycles. The van der Waals surface area contributed by atoms with E-state index in [1.807, 2.05) is 24.3 Å². The highest BCUT2D eigenvalue weighted by molar-refractivity contribution is 6.09. The third-order valence-corrected chi connectivity index (χ3v) is 5.60. The van der Waals surface area contributed by atoms with E-state index in [-0.39, 0.29) is 23.8 Å². The second-order valence-electron chi connectivity index (χ2n) is 7.77. The van der Waals surface area contributed by atoms with Gasteiger partial charge in [-0.1, -0.05) is 48.5 Å². The van der Waals surface area contributed by atoms with E-state index in [2.05, 4.69) is 10.6 Å². The number of rotatable bonds is 5. The van der Waals surface area contributed by atoms with Crippen LogP contribution in [0.4, 0.5) is 5.69 Å². The SMILES string of the molecule is O=C(Nc1ccccc1C(=O)N1CCC(NC(=O)c2ccccc2)CC1)c1ccccc1. The lowest BCUT2D eigenvalue weighted by molar-refractivity contribution is 0.0699. The molecule has 32 heavy (non-hydrogen) atoms. The predicted octanol–water partition coefficient (Wildman–Crippen LogP) is 3.97. The molecule has 3 amide bonds. The van der Waals surface area contributed by atoms with Crippen LogP contribution in [0.5, 0.6) is 0 Å². The second-order valence-corrected chi connectivity index (χ2v) is 7.77. The summed E-state index contributed by atoms with van der Waals surface area (Å²) in [5.41, 5.74) is 2.12. The zero-order valence-corrected chi connectivity index (χ0v) is 17.7. The van der Waals surface area contributed by atoms with Crippen LogP contribution in [-0.2, 0) is 0 Å². The quantitative estimate of drug-likeness (QED) is 0.647. The van der Waals surface area contributed by atoms with Gasteiger partial charge in [-0.3, -0.25) is 14.4 Å². The Labute approximate surface area is 187 Å². The summed E-state index contributed by atoms with van der Waals surface area (Å²) in [4.78, 5) is 39.9. The van der Waals surface area contributed by atoms with Gasteiger partial charge < -0.3 is 15.5 Å². The fraction of sp³-hybridized carbons (Fsp3) is 0.192. The van der Waals surface area contributed by atoms with Crippen molar-refractivity contribution >= 4 is 23.4 Å². The molecule has 4 rings (SSSR count). The summed E-state index contributed by atoms with van der Waals surface area (Å²) in [5, 5.41) is 5.91. The minimum Gasteiger partial charge on any atom is -0.349 e. The summed E-state index contributed by atoms with van der Waals surface area (Å²) >= 11 is 0. The Bertz CT molecular complexity index is 1090. The molecule has 3 aromatic rings. The topological polar surface area (TPSA) is 78.5 Å². The molecule has 3 aromatic carbocycles. The maximum atomic E-state index is 13.2. The smallest absolute Gasteiger partial charge is 0.255 e. The number of carbonyl (C=O) groups is 3. The second kappa shape index (κ2) is 9.92.